The minimum absolute atomic E-state index is 0.130. The van der Waals surface area contributed by atoms with Crippen LogP contribution in [0.1, 0.15) is 28.3 Å². The lowest BCUT2D eigenvalue weighted by Gasteiger charge is -2.21. The Bertz CT molecular complexity index is 1040. The van der Waals surface area contributed by atoms with Gasteiger partial charge in [-0.3, -0.25) is 19.9 Å². The molecule has 0 radical (unpaired) electrons. The Balaban J connectivity index is 1.89. The molecule has 7 heteroatoms. The van der Waals surface area contributed by atoms with E-state index in [1.807, 2.05) is 49.4 Å². The summed E-state index contributed by atoms with van der Waals surface area (Å²) in [6.45, 7) is 1.86. The summed E-state index contributed by atoms with van der Waals surface area (Å²) in [5.74, 6) is 0.123. The summed E-state index contributed by atoms with van der Waals surface area (Å²) in [6.07, 6.45) is 3.84. The quantitative estimate of drug-likeness (QED) is 0.671. The number of hydrogen-bond donors (Lipinski definition) is 3. The van der Waals surface area contributed by atoms with Gasteiger partial charge in [0.15, 0.2) is 0 Å². The molecule has 0 amide bonds. The zero-order valence-electron chi connectivity index (χ0n) is 12.8. The molecule has 1 aliphatic heterocycles. The van der Waals surface area contributed by atoms with Crippen molar-refractivity contribution in [2.24, 2.45) is 0 Å². The normalized spacial score (nSPS) is 15.8. The Kier molecular flexibility index (Phi) is 3.19. The lowest BCUT2D eigenvalue weighted by atomic mass is 9.90. The van der Waals surface area contributed by atoms with Crippen molar-refractivity contribution in [2.45, 2.75) is 12.8 Å². The van der Waals surface area contributed by atoms with E-state index in [0.29, 0.717) is 11.4 Å². The second-order valence-corrected chi connectivity index (χ2v) is 5.57. The van der Waals surface area contributed by atoms with Gasteiger partial charge in [0.25, 0.3) is 5.56 Å². The van der Waals surface area contributed by atoms with Crippen LogP contribution < -0.4 is 16.0 Å². The molecule has 120 valence electrons. The van der Waals surface area contributed by atoms with Gasteiger partial charge < -0.3 is 4.74 Å². The van der Waals surface area contributed by atoms with Crippen molar-refractivity contribution in [1.82, 2.24) is 20.2 Å². The van der Waals surface area contributed by atoms with Gasteiger partial charge in [0.05, 0.1) is 5.56 Å². The predicted molar refractivity (Wildman–Crippen MR) is 88.4 cm³/mol. The van der Waals surface area contributed by atoms with Crippen molar-refractivity contribution in [3.63, 3.8) is 0 Å². The average Bonchev–Trinajstić information content (AvgIpc) is 2.93. The molecule has 0 spiro atoms. The van der Waals surface area contributed by atoms with Crippen LogP contribution in [-0.4, -0.2) is 20.2 Å². The van der Waals surface area contributed by atoms with Crippen LogP contribution in [-0.2, 0) is 0 Å². The number of aromatic amines is 3. The fourth-order valence-electron chi connectivity index (χ4n) is 2.90. The molecule has 24 heavy (non-hydrogen) atoms. The predicted octanol–water partition coefficient (Wildman–Crippen LogP) is 2.05. The number of H-pyrrole nitrogens is 3. The summed E-state index contributed by atoms with van der Waals surface area (Å²) in [6, 6.07) is 9.76. The number of nitrogens with zero attached hydrogens (tertiary/aromatic N) is 1. The maximum absolute atomic E-state index is 12.3. The number of hydrogen-bond acceptors (Lipinski definition) is 4. The van der Waals surface area contributed by atoms with Gasteiger partial charge in [0, 0.05) is 17.2 Å². The molecule has 0 fully saturated rings. The minimum Gasteiger partial charge on any atom is -0.420 e. The average molecular weight is 322 g/mol. The van der Waals surface area contributed by atoms with Gasteiger partial charge in [-0.25, -0.2) is 4.79 Å². The summed E-state index contributed by atoms with van der Waals surface area (Å²) >= 11 is 0. The maximum atomic E-state index is 12.3. The van der Waals surface area contributed by atoms with Crippen molar-refractivity contribution >= 4 is 6.08 Å². The fourth-order valence-corrected chi connectivity index (χ4v) is 2.90. The smallest absolute Gasteiger partial charge is 0.328 e. The molecular formula is C17H14N4O3. The number of benzene rings is 1. The molecule has 4 rings (SSSR count). The SMILES string of the molecule is Cc1[nH]nc2c1C(/C=C/c1ccccc1)c1c([nH]c(=O)[nH]c1=O)O2. The lowest BCUT2D eigenvalue weighted by molar-refractivity contribution is 0.413. The summed E-state index contributed by atoms with van der Waals surface area (Å²) < 4.78 is 5.59. The van der Waals surface area contributed by atoms with Crippen molar-refractivity contribution in [2.75, 3.05) is 0 Å². The molecule has 0 aliphatic carbocycles. The summed E-state index contributed by atoms with van der Waals surface area (Å²) in [4.78, 5) is 28.6. The largest absolute Gasteiger partial charge is 0.420 e. The number of nitrogens with one attached hydrogen (secondary N) is 3. The highest BCUT2D eigenvalue weighted by molar-refractivity contribution is 5.57. The molecule has 7 nitrogen and oxygen atoms in total. The van der Waals surface area contributed by atoms with Crippen molar-refractivity contribution in [3.8, 4) is 11.8 Å². The van der Waals surface area contributed by atoms with E-state index in [0.717, 1.165) is 16.8 Å². The van der Waals surface area contributed by atoms with E-state index < -0.39 is 11.2 Å². The number of fused-ring (bicyclic) bond motifs is 2. The van der Waals surface area contributed by atoms with Crippen molar-refractivity contribution < 1.29 is 4.74 Å². The molecule has 1 aliphatic rings. The lowest BCUT2D eigenvalue weighted by Crippen LogP contribution is -2.29. The molecule has 0 saturated heterocycles. The molecule has 2 aromatic heterocycles. The zero-order valence-corrected chi connectivity index (χ0v) is 12.8. The Morgan fingerprint density at radius 3 is 2.71 bits per heavy atom. The summed E-state index contributed by atoms with van der Waals surface area (Å²) in [5, 5.41) is 6.97. The van der Waals surface area contributed by atoms with Crippen LogP contribution >= 0.6 is 0 Å². The fraction of sp³-hybridized carbons (Fsp3) is 0.118. The van der Waals surface area contributed by atoms with E-state index in [1.165, 1.54) is 0 Å². The first-order chi connectivity index (χ1) is 11.6. The Morgan fingerprint density at radius 2 is 1.92 bits per heavy atom. The molecule has 0 saturated carbocycles. The van der Waals surface area contributed by atoms with Crippen LogP contribution in [0, 0.1) is 6.92 Å². The number of aryl methyl sites for hydroxylation is 1. The number of aromatic nitrogens is 4. The topological polar surface area (TPSA) is 104 Å². The van der Waals surface area contributed by atoms with Gasteiger partial charge >= 0.3 is 5.69 Å². The van der Waals surface area contributed by atoms with E-state index in [9.17, 15) is 9.59 Å². The van der Waals surface area contributed by atoms with E-state index in [-0.39, 0.29) is 11.8 Å². The van der Waals surface area contributed by atoms with Gasteiger partial charge in [0.2, 0.25) is 11.8 Å². The molecule has 1 unspecified atom stereocenters. The molecular weight excluding hydrogens is 308 g/mol. The number of allylic oxidation sites excluding steroid dienone is 1. The first-order valence-electron chi connectivity index (χ1n) is 7.46. The monoisotopic (exact) mass is 322 g/mol. The minimum atomic E-state index is -0.611. The number of ether oxygens (including phenoxy) is 1. The molecule has 3 aromatic rings. The molecule has 1 atom stereocenters. The van der Waals surface area contributed by atoms with Crippen LogP contribution in [0.15, 0.2) is 46.0 Å². The van der Waals surface area contributed by atoms with Crippen molar-refractivity contribution in [3.05, 3.63) is 79.6 Å². The first-order valence-corrected chi connectivity index (χ1v) is 7.46. The Hall–Kier alpha value is -3.35. The molecule has 0 bridgehead atoms. The second-order valence-electron chi connectivity index (χ2n) is 5.57. The van der Waals surface area contributed by atoms with Crippen LogP contribution in [0.2, 0.25) is 0 Å². The van der Waals surface area contributed by atoms with Crippen LogP contribution in [0.3, 0.4) is 0 Å². The standard InChI is InChI=1S/C17H14N4O3/c1-9-12-11(8-7-10-5-3-2-4-6-10)13-14(22)18-17(23)19-15(13)24-16(12)21-20-9/h2-8,11H,1H3,(H,20,21)(H2,18,19,22,23)/b8-7+. The third-order valence-corrected chi connectivity index (χ3v) is 4.00. The highest BCUT2D eigenvalue weighted by Crippen LogP contribution is 2.42. The molecule has 3 N–H and O–H groups in total. The van der Waals surface area contributed by atoms with E-state index in [2.05, 4.69) is 20.2 Å². The van der Waals surface area contributed by atoms with Crippen LogP contribution in [0.25, 0.3) is 6.08 Å². The van der Waals surface area contributed by atoms with E-state index >= 15 is 0 Å². The van der Waals surface area contributed by atoms with Gasteiger partial charge in [-0.1, -0.05) is 42.5 Å². The maximum Gasteiger partial charge on any atom is 0.328 e. The number of rotatable bonds is 2. The van der Waals surface area contributed by atoms with E-state index in [4.69, 9.17) is 4.74 Å². The van der Waals surface area contributed by atoms with Crippen molar-refractivity contribution in [1.29, 1.82) is 0 Å². The zero-order chi connectivity index (χ0) is 16.7. The Morgan fingerprint density at radius 1 is 1.12 bits per heavy atom. The third-order valence-electron chi connectivity index (χ3n) is 4.00. The van der Waals surface area contributed by atoms with Gasteiger partial charge in [-0.2, -0.15) is 0 Å². The molecule has 3 heterocycles. The molecule has 1 aromatic carbocycles. The third kappa shape index (κ3) is 2.26. The highest BCUT2D eigenvalue weighted by atomic mass is 16.5. The van der Waals surface area contributed by atoms with Crippen LogP contribution in [0.4, 0.5) is 0 Å². The second kappa shape index (κ2) is 5.38. The van der Waals surface area contributed by atoms with Gasteiger partial charge in [-0.05, 0) is 12.5 Å². The summed E-state index contributed by atoms with van der Waals surface area (Å²) in [5.41, 5.74) is 1.88. The Labute approximate surface area is 136 Å². The highest BCUT2D eigenvalue weighted by Gasteiger charge is 2.32. The van der Waals surface area contributed by atoms with Gasteiger partial charge in [0.1, 0.15) is 0 Å². The van der Waals surface area contributed by atoms with Gasteiger partial charge in [-0.15, -0.1) is 5.10 Å². The summed E-state index contributed by atoms with van der Waals surface area (Å²) in [7, 11) is 0. The van der Waals surface area contributed by atoms with Crippen LogP contribution in [0.5, 0.6) is 11.8 Å². The first kappa shape index (κ1) is 14.3. The van der Waals surface area contributed by atoms with E-state index in [1.54, 1.807) is 0 Å².